The Labute approximate surface area is 184 Å². The summed E-state index contributed by atoms with van der Waals surface area (Å²) in [7, 11) is 0. The number of nitrogens with zero attached hydrogens (tertiary/aromatic N) is 2. The highest BCUT2D eigenvalue weighted by molar-refractivity contribution is 9.10. The Balaban J connectivity index is 1.44. The Morgan fingerprint density at radius 1 is 1.07 bits per heavy atom. The average Bonchev–Trinajstić information content (AvgIpc) is 3.04. The van der Waals surface area contributed by atoms with E-state index >= 15 is 0 Å². The van der Waals surface area contributed by atoms with Crippen molar-refractivity contribution < 1.29 is 19.4 Å². The Kier molecular flexibility index (Phi) is 5.95. The van der Waals surface area contributed by atoms with Gasteiger partial charge in [0.2, 0.25) is 5.91 Å². The van der Waals surface area contributed by atoms with Crippen molar-refractivity contribution in [3.8, 4) is 5.75 Å². The number of amides is 2. The number of hydrogen-bond donors (Lipinski definition) is 1. The van der Waals surface area contributed by atoms with E-state index in [9.17, 15) is 14.7 Å². The fraction of sp³-hybridized carbons (Fsp3) is 0.391. The minimum absolute atomic E-state index is 0.169. The van der Waals surface area contributed by atoms with Crippen LogP contribution in [0.25, 0.3) is 0 Å². The Hall–Kier alpha value is -2.22. The van der Waals surface area contributed by atoms with Crippen LogP contribution in [-0.2, 0) is 15.2 Å². The van der Waals surface area contributed by atoms with Gasteiger partial charge in [-0.05, 0) is 61.7 Å². The number of carbonyl (C=O) groups excluding carboxylic acids is 2. The van der Waals surface area contributed by atoms with Gasteiger partial charge < -0.3 is 9.84 Å². The van der Waals surface area contributed by atoms with Gasteiger partial charge in [-0.15, -0.1) is 0 Å². The number of imide groups is 1. The Bertz CT molecular complexity index is 921. The maximum Gasteiger partial charge on any atom is 0.251 e. The van der Waals surface area contributed by atoms with Gasteiger partial charge in [0.15, 0.2) is 0 Å². The van der Waals surface area contributed by atoms with E-state index in [0.717, 1.165) is 10.0 Å². The molecular weight excluding hydrogens is 448 g/mol. The molecule has 2 heterocycles. The number of halogens is 1. The molecule has 0 saturated carbocycles. The second-order valence-corrected chi connectivity index (χ2v) is 8.70. The van der Waals surface area contributed by atoms with Crippen LogP contribution in [0.5, 0.6) is 5.75 Å². The van der Waals surface area contributed by atoms with Gasteiger partial charge in [-0.25, -0.2) is 4.90 Å². The van der Waals surface area contributed by atoms with Gasteiger partial charge in [0.25, 0.3) is 5.91 Å². The van der Waals surface area contributed by atoms with E-state index in [1.807, 2.05) is 36.1 Å². The fourth-order valence-electron chi connectivity index (χ4n) is 4.28. The molecule has 158 valence electrons. The SMILES string of the molecule is CCOc1ccc(N2C(=O)C[C@H](N3CCC(O)(c4ccc(Br)cc4)CC3)C2=O)cc1. The molecule has 7 heteroatoms. The van der Waals surface area contributed by atoms with Gasteiger partial charge in [-0.3, -0.25) is 14.5 Å². The third kappa shape index (κ3) is 4.02. The smallest absolute Gasteiger partial charge is 0.251 e. The standard InChI is InChI=1S/C23H25BrN2O4/c1-2-30-19-9-7-18(8-10-19)26-21(27)15-20(22(26)28)25-13-11-23(29,12-14-25)16-3-5-17(24)6-4-16/h3-10,20,29H,2,11-15H2,1H3/t20-/m0/s1. The molecule has 4 rings (SSSR count). The van der Waals surface area contributed by atoms with Gasteiger partial charge >= 0.3 is 0 Å². The summed E-state index contributed by atoms with van der Waals surface area (Å²) in [6.45, 7) is 3.59. The van der Waals surface area contributed by atoms with Crippen molar-refractivity contribution in [3.63, 3.8) is 0 Å². The molecule has 6 nitrogen and oxygen atoms in total. The van der Waals surface area contributed by atoms with Crippen LogP contribution in [0.3, 0.4) is 0 Å². The zero-order valence-electron chi connectivity index (χ0n) is 16.9. The summed E-state index contributed by atoms with van der Waals surface area (Å²) in [5.74, 6) is 0.321. The van der Waals surface area contributed by atoms with Crippen molar-refractivity contribution in [1.82, 2.24) is 4.90 Å². The lowest BCUT2D eigenvalue weighted by molar-refractivity contribution is -0.124. The average molecular weight is 473 g/mol. The van der Waals surface area contributed by atoms with Crippen LogP contribution in [0, 0.1) is 0 Å². The first-order chi connectivity index (χ1) is 14.4. The summed E-state index contributed by atoms with van der Waals surface area (Å²) in [5.41, 5.74) is 0.548. The van der Waals surface area contributed by atoms with Crippen LogP contribution in [-0.4, -0.2) is 47.6 Å². The summed E-state index contributed by atoms with van der Waals surface area (Å²) < 4.78 is 6.40. The molecule has 0 aliphatic carbocycles. The second kappa shape index (κ2) is 8.49. The first-order valence-corrected chi connectivity index (χ1v) is 11.0. The van der Waals surface area contributed by atoms with Crippen LogP contribution < -0.4 is 9.64 Å². The molecular formula is C23H25BrN2O4. The molecule has 2 aliphatic rings. The number of benzene rings is 2. The first-order valence-electron chi connectivity index (χ1n) is 10.2. The Morgan fingerprint density at radius 3 is 2.30 bits per heavy atom. The number of likely N-dealkylation sites (tertiary alicyclic amines) is 1. The summed E-state index contributed by atoms with van der Waals surface area (Å²) in [4.78, 5) is 29.0. The number of aliphatic hydroxyl groups is 1. The van der Waals surface area contributed by atoms with Crippen molar-refractivity contribution in [1.29, 1.82) is 0 Å². The van der Waals surface area contributed by atoms with Crippen LogP contribution >= 0.6 is 15.9 Å². The van der Waals surface area contributed by atoms with E-state index < -0.39 is 11.6 Å². The number of carbonyl (C=O) groups is 2. The van der Waals surface area contributed by atoms with Crippen molar-refractivity contribution in [3.05, 3.63) is 58.6 Å². The molecule has 1 atom stereocenters. The molecule has 0 unspecified atom stereocenters. The fourth-order valence-corrected chi connectivity index (χ4v) is 4.55. The third-order valence-corrected chi connectivity index (χ3v) is 6.50. The highest BCUT2D eigenvalue weighted by Gasteiger charge is 2.45. The zero-order valence-corrected chi connectivity index (χ0v) is 18.5. The molecule has 0 aromatic heterocycles. The number of hydrogen-bond acceptors (Lipinski definition) is 5. The summed E-state index contributed by atoms with van der Waals surface area (Å²) in [6, 6.07) is 14.3. The van der Waals surface area contributed by atoms with Crippen LogP contribution in [0.4, 0.5) is 5.69 Å². The minimum atomic E-state index is -0.905. The molecule has 2 aliphatic heterocycles. The molecule has 2 amide bonds. The van der Waals surface area contributed by atoms with Crippen molar-refractivity contribution in [2.24, 2.45) is 0 Å². The number of piperidine rings is 1. The van der Waals surface area contributed by atoms with Gasteiger partial charge in [0.05, 0.1) is 30.4 Å². The third-order valence-electron chi connectivity index (χ3n) is 5.98. The van der Waals surface area contributed by atoms with Crippen molar-refractivity contribution in [2.75, 3.05) is 24.6 Å². The predicted octanol–water partition coefficient (Wildman–Crippen LogP) is 3.46. The topological polar surface area (TPSA) is 70.1 Å². The molecule has 0 spiro atoms. The molecule has 30 heavy (non-hydrogen) atoms. The number of rotatable bonds is 5. The maximum absolute atomic E-state index is 13.1. The lowest BCUT2D eigenvalue weighted by Gasteiger charge is -2.40. The van der Waals surface area contributed by atoms with E-state index in [1.165, 1.54) is 4.90 Å². The van der Waals surface area contributed by atoms with Gasteiger partial charge in [-0.2, -0.15) is 0 Å². The highest BCUT2D eigenvalue weighted by Crippen LogP contribution is 2.36. The lowest BCUT2D eigenvalue weighted by Crippen LogP contribution is -2.49. The maximum atomic E-state index is 13.1. The Morgan fingerprint density at radius 2 is 1.70 bits per heavy atom. The molecule has 2 aromatic rings. The summed E-state index contributed by atoms with van der Waals surface area (Å²) in [6.07, 6.45) is 1.22. The van der Waals surface area contributed by atoms with Crippen LogP contribution in [0.1, 0.15) is 31.7 Å². The predicted molar refractivity (Wildman–Crippen MR) is 117 cm³/mol. The van der Waals surface area contributed by atoms with E-state index in [0.29, 0.717) is 44.0 Å². The molecule has 2 aromatic carbocycles. The van der Waals surface area contributed by atoms with Crippen LogP contribution in [0.15, 0.2) is 53.0 Å². The van der Waals surface area contributed by atoms with E-state index in [4.69, 9.17) is 4.74 Å². The van der Waals surface area contributed by atoms with Crippen molar-refractivity contribution in [2.45, 2.75) is 37.8 Å². The molecule has 2 fully saturated rings. The quantitative estimate of drug-likeness (QED) is 0.674. The van der Waals surface area contributed by atoms with E-state index in [2.05, 4.69) is 15.9 Å². The van der Waals surface area contributed by atoms with Crippen molar-refractivity contribution >= 4 is 33.4 Å². The molecule has 0 radical (unpaired) electrons. The summed E-state index contributed by atoms with van der Waals surface area (Å²) >= 11 is 3.42. The van der Waals surface area contributed by atoms with E-state index in [1.54, 1.807) is 24.3 Å². The van der Waals surface area contributed by atoms with E-state index in [-0.39, 0.29) is 18.2 Å². The zero-order chi connectivity index (χ0) is 21.3. The number of ether oxygens (including phenoxy) is 1. The van der Waals surface area contributed by atoms with Crippen LogP contribution in [0.2, 0.25) is 0 Å². The molecule has 0 bridgehead atoms. The summed E-state index contributed by atoms with van der Waals surface area (Å²) in [5, 5.41) is 11.1. The second-order valence-electron chi connectivity index (χ2n) is 7.79. The number of anilines is 1. The molecule has 1 N–H and O–H groups in total. The molecule has 2 saturated heterocycles. The van der Waals surface area contributed by atoms with Gasteiger partial charge in [0, 0.05) is 17.6 Å². The largest absolute Gasteiger partial charge is 0.494 e. The normalized spacial score (nSPS) is 21.8. The first kappa shape index (κ1) is 21.0. The van der Waals surface area contributed by atoms with Gasteiger partial charge in [0.1, 0.15) is 5.75 Å². The monoisotopic (exact) mass is 472 g/mol. The minimum Gasteiger partial charge on any atom is -0.494 e. The van der Waals surface area contributed by atoms with Gasteiger partial charge in [-0.1, -0.05) is 28.1 Å². The lowest BCUT2D eigenvalue weighted by atomic mass is 9.84. The highest BCUT2D eigenvalue weighted by atomic mass is 79.9.